The van der Waals surface area contributed by atoms with Gasteiger partial charge in [-0.25, -0.2) is 0 Å². The average molecular weight is 305 g/mol. The highest BCUT2D eigenvalue weighted by Gasteiger charge is 2.23. The van der Waals surface area contributed by atoms with Crippen molar-refractivity contribution in [3.8, 4) is 11.5 Å². The molecule has 2 rings (SSSR count). The van der Waals surface area contributed by atoms with Crippen molar-refractivity contribution in [1.29, 1.82) is 0 Å². The first kappa shape index (κ1) is 15.7. The van der Waals surface area contributed by atoms with Crippen molar-refractivity contribution in [2.24, 2.45) is 0 Å². The van der Waals surface area contributed by atoms with Gasteiger partial charge in [-0.2, -0.15) is 0 Å². The van der Waals surface area contributed by atoms with Gasteiger partial charge in [-0.1, -0.05) is 31.2 Å². The number of hydrogen-bond acceptors (Lipinski definition) is 2. The van der Waals surface area contributed by atoms with E-state index in [9.17, 15) is 10.2 Å². The predicted octanol–water partition coefficient (Wildman–Crippen LogP) is 5.00. The number of aromatic hydroxyl groups is 2. The van der Waals surface area contributed by atoms with Crippen LogP contribution < -0.4 is 0 Å². The maximum atomic E-state index is 9.46. The lowest BCUT2D eigenvalue weighted by molar-refractivity contribution is 0.470. The van der Waals surface area contributed by atoms with Gasteiger partial charge in [0.2, 0.25) is 0 Å². The first-order valence-corrected chi connectivity index (χ1v) is 7.83. The molecule has 0 saturated heterocycles. The highest BCUT2D eigenvalue weighted by atomic mass is 35.5. The minimum atomic E-state index is 0.279. The molecule has 112 valence electrons. The summed E-state index contributed by atoms with van der Waals surface area (Å²) in [5, 5.41) is 18.9. The largest absolute Gasteiger partial charge is 0.508 e. The van der Waals surface area contributed by atoms with E-state index in [4.69, 9.17) is 11.6 Å². The maximum absolute atomic E-state index is 9.46. The van der Waals surface area contributed by atoms with Gasteiger partial charge >= 0.3 is 0 Å². The van der Waals surface area contributed by atoms with Crippen LogP contribution in [0, 0.1) is 0 Å². The molecule has 2 atom stereocenters. The number of phenolic OH excluding ortho intramolecular Hbond substituents is 2. The van der Waals surface area contributed by atoms with E-state index in [1.165, 1.54) is 11.1 Å². The first-order chi connectivity index (χ1) is 10.2. The monoisotopic (exact) mass is 304 g/mol. The minimum Gasteiger partial charge on any atom is -0.508 e. The molecule has 0 radical (unpaired) electrons. The third kappa shape index (κ3) is 3.92. The van der Waals surface area contributed by atoms with Gasteiger partial charge in [0.05, 0.1) is 0 Å². The van der Waals surface area contributed by atoms with Crippen molar-refractivity contribution >= 4 is 11.6 Å². The Bertz CT molecular complexity index is 548. The van der Waals surface area contributed by atoms with Crippen LogP contribution in [0.25, 0.3) is 0 Å². The van der Waals surface area contributed by atoms with E-state index in [1.54, 1.807) is 24.3 Å². The molecular formula is C18H21ClO2. The standard InChI is InChI=1S/C18H21ClO2/c1-2-17(13-3-7-15(20)8-4-13)18(11-12-19)14-5-9-16(21)10-6-14/h3-10,17-18,20-21H,2,11-12H2,1H3/t17-,18+/m1/s1. The Morgan fingerprint density at radius 1 is 0.810 bits per heavy atom. The van der Waals surface area contributed by atoms with Crippen LogP contribution in [-0.2, 0) is 0 Å². The fourth-order valence-corrected chi connectivity index (χ4v) is 3.15. The van der Waals surface area contributed by atoms with E-state index >= 15 is 0 Å². The Kier molecular flexibility index (Phi) is 5.51. The lowest BCUT2D eigenvalue weighted by Crippen LogP contribution is -2.11. The smallest absolute Gasteiger partial charge is 0.115 e. The van der Waals surface area contributed by atoms with Gasteiger partial charge in [-0.15, -0.1) is 11.6 Å². The molecule has 0 fully saturated rings. The average Bonchev–Trinajstić information content (AvgIpc) is 2.50. The first-order valence-electron chi connectivity index (χ1n) is 7.29. The van der Waals surface area contributed by atoms with E-state index in [2.05, 4.69) is 6.92 Å². The summed E-state index contributed by atoms with van der Waals surface area (Å²) in [7, 11) is 0. The van der Waals surface area contributed by atoms with Crippen molar-refractivity contribution in [2.75, 3.05) is 5.88 Å². The summed E-state index contributed by atoms with van der Waals surface area (Å²) in [5.74, 6) is 1.81. The Morgan fingerprint density at radius 2 is 1.24 bits per heavy atom. The summed E-state index contributed by atoms with van der Waals surface area (Å²) in [6, 6.07) is 14.8. The molecule has 2 aromatic rings. The Labute approximate surface area is 131 Å². The van der Waals surface area contributed by atoms with Crippen molar-refractivity contribution in [1.82, 2.24) is 0 Å². The van der Waals surface area contributed by atoms with Crippen LogP contribution in [0.2, 0.25) is 0 Å². The molecule has 21 heavy (non-hydrogen) atoms. The summed E-state index contributed by atoms with van der Waals surface area (Å²) in [5.41, 5.74) is 2.40. The second-order valence-electron chi connectivity index (χ2n) is 5.28. The molecular weight excluding hydrogens is 284 g/mol. The molecule has 0 heterocycles. The van der Waals surface area contributed by atoms with Crippen LogP contribution in [0.3, 0.4) is 0 Å². The Morgan fingerprint density at radius 3 is 1.62 bits per heavy atom. The molecule has 2 aromatic carbocycles. The quantitative estimate of drug-likeness (QED) is 0.737. The van der Waals surface area contributed by atoms with Crippen molar-refractivity contribution in [2.45, 2.75) is 31.6 Å². The van der Waals surface area contributed by atoms with Crippen LogP contribution in [0.5, 0.6) is 11.5 Å². The summed E-state index contributed by atoms with van der Waals surface area (Å²) in [6.07, 6.45) is 1.87. The topological polar surface area (TPSA) is 40.5 Å². The molecule has 0 aliphatic rings. The number of alkyl halides is 1. The minimum absolute atomic E-state index is 0.279. The summed E-state index contributed by atoms with van der Waals surface area (Å²) < 4.78 is 0. The Hall–Kier alpha value is -1.67. The van der Waals surface area contributed by atoms with E-state index in [0.29, 0.717) is 17.7 Å². The van der Waals surface area contributed by atoms with Gasteiger partial charge in [-0.3, -0.25) is 0 Å². The fourth-order valence-electron chi connectivity index (χ4n) is 2.91. The van der Waals surface area contributed by atoms with Crippen LogP contribution in [-0.4, -0.2) is 16.1 Å². The van der Waals surface area contributed by atoms with Crippen LogP contribution >= 0.6 is 11.6 Å². The second-order valence-corrected chi connectivity index (χ2v) is 5.66. The van der Waals surface area contributed by atoms with E-state index in [1.807, 2.05) is 24.3 Å². The molecule has 0 aromatic heterocycles. The van der Waals surface area contributed by atoms with Gasteiger partial charge in [0.25, 0.3) is 0 Å². The lowest BCUT2D eigenvalue weighted by atomic mass is 9.78. The highest BCUT2D eigenvalue weighted by molar-refractivity contribution is 6.17. The normalized spacial score (nSPS) is 13.8. The molecule has 0 unspecified atom stereocenters. The number of halogens is 1. The van der Waals surface area contributed by atoms with E-state index in [0.717, 1.165) is 12.8 Å². The zero-order chi connectivity index (χ0) is 15.2. The van der Waals surface area contributed by atoms with Gasteiger partial charge in [0, 0.05) is 5.88 Å². The lowest BCUT2D eigenvalue weighted by Gasteiger charge is -2.27. The predicted molar refractivity (Wildman–Crippen MR) is 87.3 cm³/mol. The SMILES string of the molecule is CC[C@H](c1ccc(O)cc1)[C@@H](CCCl)c1ccc(O)cc1. The van der Waals surface area contributed by atoms with Gasteiger partial charge in [-0.05, 0) is 60.1 Å². The molecule has 0 bridgehead atoms. The number of benzene rings is 2. The Balaban J connectivity index is 2.33. The van der Waals surface area contributed by atoms with E-state index < -0.39 is 0 Å². The van der Waals surface area contributed by atoms with Crippen molar-refractivity contribution in [3.05, 3.63) is 59.7 Å². The summed E-state index contributed by atoms with van der Waals surface area (Å²) >= 11 is 6.00. The van der Waals surface area contributed by atoms with Crippen LogP contribution in [0.1, 0.15) is 42.7 Å². The molecule has 0 spiro atoms. The second kappa shape index (κ2) is 7.37. The number of phenols is 2. The molecule has 2 nitrogen and oxygen atoms in total. The highest BCUT2D eigenvalue weighted by Crippen LogP contribution is 2.39. The third-order valence-electron chi connectivity index (χ3n) is 3.99. The van der Waals surface area contributed by atoms with Gasteiger partial charge in [0.15, 0.2) is 0 Å². The third-order valence-corrected chi connectivity index (χ3v) is 4.21. The summed E-state index contributed by atoms with van der Waals surface area (Å²) in [4.78, 5) is 0. The molecule has 0 saturated carbocycles. The molecule has 2 N–H and O–H groups in total. The number of hydrogen-bond donors (Lipinski definition) is 2. The van der Waals surface area contributed by atoms with Crippen LogP contribution in [0.15, 0.2) is 48.5 Å². The van der Waals surface area contributed by atoms with E-state index in [-0.39, 0.29) is 11.5 Å². The van der Waals surface area contributed by atoms with Gasteiger partial charge in [0.1, 0.15) is 11.5 Å². The molecule has 0 amide bonds. The zero-order valence-electron chi connectivity index (χ0n) is 12.2. The van der Waals surface area contributed by atoms with Crippen LogP contribution in [0.4, 0.5) is 0 Å². The fraction of sp³-hybridized carbons (Fsp3) is 0.333. The van der Waals surface area contributed by atoms with Gasteiger partial charge < -0.3 is 10.2 Å². The number of rotatable bonds is 6. The summed E-state index contributed by atoms with van der Waals surface area (Å²) in [6.45, 7) is 2.17. The maximum Gasteiger partial charge on any atom is 0.115 e. The molecule has 0 aliphatic carbocycles. The van der Waals surface area contributed by atoms with Crippen molar-refractivity contribution < 1.29 is 10.2 Å². The zero-order valence-corrected chi connectivity index (χ0v) is 12.9. The molecule has 3 heteroatoms. The van der Waals surface area contributed by atoms with Crippen molar-refractivity contribution in [3.63, 3.8) is 0 Å². The molecule has 0 aliphatic heterocycles.